The van der Waals surface area contributed by atoms with Crippen LogP contribution in [0.4, 0.5) is 11.4 Å². The molecule has 0 spiro atoms. The molecule has 3 nitrogen and oxygen atoms in total. The number of fused-ring (bicyclic) bond motifs is 3. The van der Waals surface area contributed by atoms with E-state index in [4.69, 9.17) is 0 Å². The fourth-order valence-corrected chi connectivity index (χ4v) is 6.29. The number of benzene rings is 3. The summed E-state index contributed by atoms with van der Waals surface area (Å²) in [6.45, 7) is 18.5. The number of rotatable bonds is 5. The molecule has 4 heteroatoms. The van der Waals surface area contributed by atoms with Gasteiger partial charge >= 0.3 is 6.98 Å². The lowest BCUT2D eigenvalue weighted by Gasteiger charge is -2.38. The lowest BCUT2D eigenvalue weighted by atomic mass is 9.57. The smallest absolute Gasteiger partial charge is 0.338 e. The van der Waals surface area contributed by atoms with Gasteiger partial charge in [0, 0.05) is 16.8 Å². The van der Waals surface area contributed by atoms with E-state index in [1.165, 1.54) is 56.0 Å². The topological polar surface area (TPSA) is 12.0 Å². The molecule has 1 aliphatic rings. The largest absolute Gasteiger partial charge is 0.542 e. The first-order chi connectivity index (χ1) is 17.6. The summed E-state index contributed by atoms with van der Waals surface area (Å²) in [4.78, 5) is 2.66. The number of imidazole rings is 1. The summed E-state index contributed by atoms with van der Waals surface area (Å²) in [5, 5.41) is 0. The van der Waals surface area contributed by atoms with Crippen LogP contribution in [0.15, 0.2) is 67.0 Å². The number of nitrogens with zero attached hydrogens (tertiary/aromatic N) is 3. The third-order valence-electron chi connectivity index (χ3n) is 8.08. The number of aryl methyl sites for hydroxylation is 3. The Hall–Kier alpha value is -3.27. The SMILES string of the molecule is Cc1cccc2c1-c1n(C)cc[n+]1B(c1c(C(C)C)cccc1C(C)C)N2c1c(C)cccc1C(C)C. The van der Waals surface area contributed by atoms with Crippen LogP contribution in [0.2, 0.25) is 0 Å². The number of hydrogen-bond acceptors (Lipinski definition) is 1. The highest BCUT2D eigenvalue weighted by Crippen LogP contribution is 2.44. The van der Waals surface area contributed by atoms with E-state index in [-0.39, 0.29) is 6.98 Å². The number of aromatic nitrogens is 2. The molecule has 0 unspecified atom stereocenters. The summed E-state index contributed by atoms with van der Waals surface area (Å²) in [7, 11) is 2.18. The van der Waals surface area contributed by atoms with Crippen molar-refractivity contribution in [2.75, 3.05) is 4.81 Å². The molecule has 37 heavy (non-hydrogen) atoms. The van der Waals surface area contributed by atoms with Gasteiger partial charge in [0.1, 0.15) is 12.4 Å². The minimum Gasteiger partial charge on any atom is -0.338 e. The summed E-state index contributed by atoms with van der Waals surface area (Å²) in [5.41, 5.74) is 12.3. The van der Waals surface area contributed by atoms with Crippen LogP contribution in [-0.2, 0) is 7.05 Å². The van der Waals surface area contributed by atoms with E-state index < -0.39 is 0 Å². The van der Waals surface area contributed by atoms with Crippen LogP contribution in [0.5, 0.6) is 0 Å². The lowest BCUT2D eigenvalue weighted by molar-refractivity contribution is -0.523. The highest BCUT2D eigenvalue weighted by Gasteiger charge is 2.48. The molecule has 0 N–H and O–H groups in total. The summed E-state index contributed by atoms with van der Waals surface area (Å²) < 4.78 is 4.82. The van der Waals surface area contributed by atoms with Crippen molar-refractivity contribution in [1.82, 2.24) is 4.57 Å². The highest BCUT2D eigenvalue weighted by molar-refractivity contribution is 6.72. The molecule has 0 fully saturated rings. The number of hydrogen-bond donors (Lipinski definition) is 0. The van der Waals surface area contributed by atoms with Gasteiger partial charge in [0.05, 0.1) is 12.6 Å². The van der Waals surface area contributed by atoms with Gasteiger partial charge in [0.25, 0.3) is 5.82 Å². The average Bonchev–Trinajstić information content (AvgIpc) is 3.23. The standard InChI is InChI=1S/C33H41BN3/c1-21(2)26-15-12-16-27(22(3)4)31(26)34-36-20-19-35(9)33(36)30-24(7)13-11-18-29(30)37(34)32-25(8)14-10-17-28(32)23(5)6/h10-23H,1-9H3/q+1. The third kappa shape index (κ3) is 4.02. The van der Waals surface area contributed by atoms with Crippen LogP contribution in [-0.4, -0.2) is 11.5 Å². The van der Waals surface area contributed by atoms with Gasteiger partial charge in [-0.25, -0.2) is 4.57 Å². The van der Waals surface area contributed by atoms with E-state index >= 15 is 0 Å². The zero-order chi connectivity index (χ0) is 26.6. The van der Waals surface area contributed by atoms with Crippen molar-refractivity contribution in [2.45, 2.75) is 73.1 Å². The molecule has 0 radical (unpaired) electrons. The van der Waals surface area contributed by atoms with Gasteiger partial charge in [-0.05, 0) is 65.5 Å². The third-order valence-corrected chi connectivity index (χ3v) is 8.08. The minimum absolute atomic E-state index is 0.0140. The molecule has 3 aromatic carbocycles. The van der Waals surface area contributed by atoms with Gasteiger partial charge in [-0.2, -0.15) is 0 Å². The highest BCUT2D eigenvalue weighted by atomic mass is 15.2. The molecular weight excluding hydrogens is 449 g/mol. The van der Waals surface area contributed by atoms with E-state index in [0.717, 1.165) is 0 Å². The molecule has 0 bridgehead atoms. The Bertz CT molecular complexity index is 1430. The maximum Gasteiger partial charge on any atom is 0.542 e. The van der Waals surface area contributed by atoms with Gasteiger partial charge in [-0.15, -0.1) is 0 Å². The zero-order valence-electron chi connectivity index (χ0n) is 24.0. The summed E-state index contributed by atoms with van der Waals surface area (Å²) >= 11 is 0. The molecular formula is C33H41BN3+. The molecule has 1 aliphatic heterocycles. The van der Waals surface area contributed by atoms with Gasteiger partial charge in [0.15, 0.2) is 0 Å². The molecule has 190 valence electrons. The molecule has 0 saturated heterocycles. The molecule has 1 aromatic heterocycles. The Morgan fingerprint density at radius 1 is 0.703 bits per heavy atom. The number of anilines is 2. The van der Waals surface area contributed by atoms with Crippen LogP contribution >= 0.6 is 0 Å². The summed E-state index contributed by atoms with van der Waals surface area (Å²) in [5.74, 6) is 2.52. The fourth-order valence-electron chi connectivity index (χ4n) is 6.29. The molecule has 2 heterocycles. The second-order valence-corrected chi connectivity index (χ2v) is 11.7. The zero-order valence-corrected chi connectivity index (χ0v) is 24.0. The predicted molar refractivity (Wildman–Crippen MR) is 159 cm³/mol. The maximum atomic E-state index is 2.66. The first kappa shape index (κ1) is 25.4. The van der Waals surface area contributed by atoms with Crippen molar-refractivity contribution < 1.29 is 4.48 Å². The van der Waals surface area contributed by atoms with Crippen molar-refractivity contribution in [3.8, 4) is 11.4 Å². The van der Waals surface area contributed by atoms with E-state index in [9.17, 15) is 0 Å². The molecule has 0 atom stereocenters. The maximum absolute atomic E-state index is 2.66. The van der Waals surface area contributed by atoms with Gasteiger partial charge in [-0.1, -0.05) is 90.1 Å². The molecule has 0 aliphatic carbocycles. The van der Waals surface area contributed by atoms with Crippen LogP contribution in [0.25, 0.3) is 11.4 Å². The Labute approximate surface area is 223 Å². The Morgan fingerprint density at radius 3 is 1.86 bits per heavy atom. The van der Waals surface area contributed by atoms with Gasteiger partial charge in [0.2, 0.25) is 0 Å². The first-order valence-corrected chi connectivity index (χ1v) is 13.8. The fraction of sp³-hybridized carbons (Fsp3) is 0.364. The Balaban J connectivity index is 1.97. The minimum atomic E-state index is 0.0140. The summed E-state index contributed by atoms with van der Waals surface area (Å²) in [6.07, 6.45) is 4.51. The van der Waals surface area contributed by atoms with Crippen molar-refractivity contribution in [3.05, 3.63) is 94.8 Å². The Morgan fingerprint density at radius 2 is 1.24 bits per heavy atom. The van der Waals surface area contributed by atoms with Crippen LogP contribution < -0.4 is 14.8 Å². The quantitative estimate of drug-likeness (QED) is 0.266. The lowest BCUT2D eigenvalue weighted by Crippen LogP contribution is -2.71. The Kier molecular flexibility index (Phi) is 6.56. The van der Waals surface area contributed by atoms with Crippen LogP contribution in [0, 0.1) is 13.8 Å². The van der Waals surface area contributed by atoms with E-state index in [2.05, 4.69) is 143 Å². The monoisotopic (exact) mass is 490 g/mol. The number of para-hydroxylation sites is 1. The van der Waals surface area contributed by atoms with Crippen molar-refractivity contribution in [2.24, 2.45) is 7.05 Å². The van der Waals surface area contributed by atoms with Gasteiger partial charge in [-0.3, -0.25) is 4.48 Å². The molecule has 4 aromatic rings. The molecule has 5 rings (SSSR count). The van der Waals surface area contributed by atoms with E-state index in [1.54, 1.807) is 0 Å². The normalized spacial score (nSPS) is 13.1. The van der Waals surface area contributed by atoms with Crippen molar-refractivity contribution >= 4 is 23.8 Å². The first-order valence-electron chi connectivity index (χ1n) is 13.8. The summed E-state index contributed by atoms with van der Waals surface area (Å²) in [6, 6.07) is 20.6. The molecule has 0 saturated carbocycles. The van der Waals surface area contributed by atoms with Crippen molar-refractivity contribution in [1.29, 1.82) is 0 Å². The predicted octanol–water partition coefficient (Wildman–Crippen LogP) is 7.36. The second-order valence-electron chi connectivity index (χ2n) is 11.7. The van der Waals surface area contributed by atoms with Crippen molar-refractivity contribution in [3.63, 3.8) is 0 Å². The van der Waals surface area contributed by atoms with E-state index in [0.29, 0.717) is 17.8 Å². The van der Waals surface area contributed by atoms with E-state index in [1.807, 2.05) is 0 Å². The van der Waals surface area contributed by atoms with Gasteiger partial charge < -0.3 is 4.81 Å². The molecule has 0 amide bonds. The average molecular weight is 491 g/mol. The van der Waals surface area contributed by atoms with Crippen LogP contribution in [0.3, 0.4) is 0 Å². The van der Waals surface area contributed by atoms with Crippen LogP contribution in [0.1, 0.15) is 87.1 Å². The second kappa shape index (κ2) is 9.56.